The quantitative estimate of drug-likeness (QED) is 0.0956. The van der Waals surface area contributed by atoms with Crippen molar-refractivity contribution < 1.29 is 22.8 Å². The van der Waals surface area contributed by atoms with Crippen LogP contribution < -0.4 is 32.3 Å². The van der Waals surface area contributed by atoms with Crippen molar-refractivity contribution in [1.82, 2.24) is 26.6 Å². The second-order valence-corrected chi connectivity index (χ2v) is 12.2. The Morgan fingerprint density at radius 1 is 0.860 bits per heavy atom. The van der Waals surface area contributed by atoms with Gasteiger partial charge in [0.15, 0.2) is 0 Å². The normalized spacial score (nSPS) is 12.7. The van der Waals surface area contributed by atoms with E-state index in [1.807, 2.05) is 19.9 Å². The number of aryl methyl sites for hydroxylation is 2. The second-order valence-electron chi connectivity index (χ2n) is 12.2. The third-order valence-electron chi connectivity index (χ3n) is 7.22. The maximum absolute atomic E-state index is 13.0. The number of carbonyl (C=O) groups excluding carboxylic acids is 2. The molecule has 0 saturated heterocycles. The molecule has 2 atom stereocenters. The standard InChI is InChI=1S/C28H48N6O2.C8H7F3.C3H8/c1-6-12-22-13-10-11-14-23(22)16-21(5)17-33-28(36)25(19-32-26(29)9-4)34-27(35)20-31-24(8-3)18-30-15-7-2;1-6-3-2-4-7(5-6)8(9,10)11;1-3-2/h8-11,13-14,21,25,30-32H,6-7,12,15-20,29H2,1-5H3,(H,33,36)(H,34,35);2-5H,1H3;3H2,1-2H3/b24-8-,26-9-;;. The van der Waals surface area contributed by atoms with E-state index in [4.69, 9.17) is 5.73 Å². The zero-order chi connectivity index (χ0) is 38.0. The molecule has 0 spiro atoms. The molecule has 0 bridgehead atoms. The molecule has 11 heteroatoms. The summed E-state index contributed by atoms with van der Waals surface area (Å²) in [7, 11) is 0. The number of halogens is 3. The van der Waals surface area contributed by atoms with Gasteiger partial charge in [0.25, 0.3) is 0 Å². The fraction of sp³-hybridized carbons (Fsp3) is 0.538. The molecule has 50 heavy (non-hydrogen) atoms. The molecule has 2 aromatic carbocycles. The van der Waals surface area contributed by atoms with E-state index >= 15 is 0 Å². The number of benzene rings is 2. The van der Waals surface area contributed by atoms with Crippen LogP contribution in [0.15, 0.2) is 72.2 Å². The van der Waals surface area contributed by atoms with Gasteiger partial charge in [0, 0.05) is 25.3 Å². The molecule has 282 valence electrons. The minimum Gasteiger partial charge on any atom is -0.386 e. The average molecular weight is 705 g/mol. The number of nitrogens with one attached hydrogen (secondary N) is 5. The van der Waals surface area contributed by atoms with Crippen molar-refractivity contribution in [2.24, 2.45) is 11.7 Å². The summed E-state index contributed by atoms with van der Waals surface area (Å²) >= 11 is 0. The molecule has 2 rings (SSSR count). The summed E-state index contributed by atoms with van der Waals surface area (Å²) in [5.41, 5.74) is 9.52. The lowest BCUT2D eigenvalue weighted by atomic mass is 9.94. The van der Waals surface area contributed by atoms with Crippen LogP contribution in [0.2, 0.25) is 0 Å². The zero-order valence-corrected chi connectivity index (χ0v) is 31.5. The summed E-state index contributed by atoms with van der Waals surface area (Å²) in [6.45, 7) is 18.4. The summed E-state index contributed by atoms with van der Waals surface area (Å²) < 4.78 is 35.9. The number of nitrogens with two attached hydrogens (primary N) is 1. The van der Waals surface area contributed by atoms with Gasteiger partial charge in [0.1, 0.15) is 6.04 Å². The lowest BCUT2D eigenvalue weighted by molar-refractivity contribution is -0.137. The summed E-state index contributed by atoms with van der Waals surface area (Å²) in [6, 6.07) is 13.0. The molecule has 0 aliphatic rings. The largest absolute Gasteiger partial charge is 0.416 e. The van der Waals surface area contributed by atoms with Gasteiger partial charge < -0.3 is 32.3 Å². The number of allylic oxidation sites excluding steroid dienone is 2. The van der Waals surface area contributed by atoms with E-state index in [2.05, 4.69) is 85.5 Å². The van der Waals surface area contributed by atoms with Gasteiger partial charge in [-0.15, -0.1) is 0 Å². The van der Waals surface area contributed by atoms with Gasteiger partial charge in [-0.2, -0.15) is 13.2 Å². The number of carbonyl (C=O) groups is 2. The number of rotatable bonds is 18. The number of amides is 2. The first kappa shape index (κ1) is 46.0. The Morgan fingerprint density at radius 3 is 2.06 bits per heavy atom. The number of hydrogen-bond donors (Lipinski definition) is 6. The van der Waals surface area contributed by atoms with Crippen LogP contribution in [0.1, 0.15) is 90.0 Å². The fourth-order valence-corrected chi connectivity index (χ4v) is 4.57. The summed E-state index contributed by atoms with van der Waals surface area (Å²) in [5.74, 6) is 0.224. The number of hydrogen-bond acceptors (Lipinski definition) is 6. The van der Waals surface area contributed by atoms with Crippen molar-refractivity contribution in [3.63, 3.8) is 0 Å². The van der Waals surface area contributed by atoms with Gasteiger partial charge in [-0.1, -0.05) is 102 Å². The van der Waals surface area contributed by atoms with Gasteiger partial charge in [0.2, 0.25) is 11.8 Å². The molecule has 0 aromatic heterocycles. The predicted molar refractivity (Wildman–Crippen MR) is 201 cm³/mol. The first-order valence-electron chi connectivity index (χ1n) is 17.8. The van der Waals surface area contributed by atoms with Crippen LogP contribution in [0.3, 0.4) is 0 Å². The molecule has 0 saturated carbocycles. The first-order chi connectivity index (χ1) is 23.7. The molecule has 2 aromatic rings. The average Bonchev–Trinajstić information content (AvgIpc) is 3.08. The molecule has 7 N–H and O–H groups in total. The third kappa shape index (κ3) is 21.2. The Bertz CT molecular complexity index is 1300. The van der Waals surface area contributed by atoms with E-state index in [9.17, 15) is 22.8 Å². The van der Waals surface area contributed by atoms with Gasteiger partial charge in [-0.25, -0.2) is 0 Å². The highest BCUT2D eigenvalue weighted by Gasteiger charge is 2.30. The molecular formula is C39H63F3N6O2. The van der Waals surface area contributed by atoms with E-state index in [1.165, 1.54) is 23.6 Å². The minimum atomic E-state index is -4.22. The molecule has 0 aliphatic heterocycles. The van der Waals surface area contributed by atoms with Crippen LogP contribution >= 0.6 is 0 Å². The van der Waals surface area contributed by atoms with Crippen molar-refractivity contribution in [2.45, 2.75) is 99.7 Å². The third-order valence-corrected chi connectivity index (χ3v) is 7.22. The number of alkyl halides is 3. The Balaban J connectivity index is 0.00000142. The van der Waals surface area contributed by atoms with Crippen LogP contribution in [-0.2, 0) is 28.6 Å². The lowest BCUT2D eigenvalue weighted by Crippen LogP contribution is -2.54. The van der Waals surface area contributed by atoms with Crippen molar-refractivity contribution in [3.8, 4) is 0 Å². The van der Waals surface area contributed by atoms with E-state index in [-0.39, 0.29) is 30.8 Å². The van der Waals surface area contributed by atoms with E-state index in [1.54, 1.807) is 19.1 Å². The van der Waals surface area contributed by atoms with Gasteiger partial charge in [0.05, 0.1) is 17.9 Å². The molecule has 2 unspecified atom stereocenters. The topological polar surface area (TPSA) is 120 Å². The molecule has 0 radical (unpaired) electrons. The molecule has 0 heterocycles. The maximum atomic E-state index is 13.0. The highest BCUT2D eigenvalue weighted by molar-refractivity contribution is 5.88. The maximum Gasteiger partial charge on any atom is 0.416 e. The Labute approximate surface area is 299 Å². The molecule has 8 nitrogen and oxygen atoms in total. The minimum absolute atomic E-state index is 0.0843. The Morgan fingerprint density at radius 2 is 1.52 bits per heavy atom. The predicted octanol–water partition coefficient (Wildman–Crippen LogP) is 6.75. The molecule has 2 amide bonds. The Hall–Kier alpha value is -3.99. The van der Waals surface area contributed by atoms with E-state index in [0.717, 1.165) is 50.1 Å². The van der Waals surface area contributed by atoms with Crippen LogP contribution in [-0.4, -0.2) is 50.6 Å². The smallest absolute Gasteiger partial charge is 0.386 e. The van der Waals surface area contributed by atoms with Gasteiger partial charge >= 0.3 is 6.18 Å². The van der Waals surface area contributed by atoms with Crippen molar-refractivity contribution in [3.05, 3.63) is 94.5 Å². The van der Waals surface area contributed by atoms with Crippen LogP contribution in [0.4, 0.5) is 13.2 Å². The van der Waals surface area contributed by atoms with Gasteiger partial charge in [-0.3, -0.25) is 9.59 Å². The van der Waals surface area contributed by atoms with Crippen LogP contribution in [0.25, 0.3) is 0 Å². The van der Waals surface area contributed by atoms with Crippen molar-refractivity contribution in [1.29, 1.82) is 0 Å². The molecule has 0 aliphatic carbocycles. The Kier molecular flexibility index (Phi) is 24.7. The SMILES string of the molecule is C/C=C(/N)NCC(NC(=O)CN/C(=C\C)CNCCC)C(=O)NCC(C)Cc1ccccc1CCC.CCC.Cc1cccc(C(F)(F)F)c1. The second kappa shape index (κ2) is 26.8. The van der Waals surface area contributed by atoms with Crippen molar-refractivity contribution >= 4 is 11.8 Å². The zero-order valence-electron chi connectivity index (χ0n) is 31.5. The first-order valence-corrected chi connectivity index (χ1v) is 17.8. The van der Waals surface area contributed by atoms with Crippen LogP contribution in [0, 0.1) is 12.8 Å². The van der Waals surface area contributed by atoms with E-state index < -0.39 is 17.8 Å². The lowest BCUT2D eigenvalue weighted by Gasteiger charge is -2.22. The summed E-state index contributed by atoms with van der Waals surface area (Å²) in [4.78, 5) is 25.6. The summed E-state index contributed by atoms with van der Waals surface area (Å²) in [5, 5.41) is 15.3. The van der Waals surface area contributed by atoms with E-state index in [0.29, 0.717) is 24.5 Å². The molecule has 0 fully saturated rings. The summed E-state index contributed by atoms with van der Waals surface area (Å²) in [6.07, 6.45) is 4.78. The highest BCUT2D eigenvalue weighted by atomic mass is 19.4. The van der Waals surface area contributed by atoms with Gasteiger partial charge in [-0.05, 0) is 75.8 Å². The highest BCUT2D eigenvalue weighted by Crippen LogP contribution is 2.29. The van der Waals surface area contributed by atoms with Crippen LogP contribution in [0.5, 0.6) is 0 Å². The monoisotopic (exact) mass is 704 g/mol. The molecular weight excluding hydrogens is 641 g/mol. The van der Waals surface area contributed by atoms with Crippen molar-refractivity contribution in [2.75, 3.05) is 32.7 Å². The fourth-order valence-electron chi connectivity index (χ4n) is 4.57.